The summed E-state index contributed by atoms with van der Waals surface area (Å²) in [5.74, 6) is 0.523. The minimum Gasteiger partial charge on any atom is -0.369 e. The van der Waals surface area contributed by atoms with E-state index in [0.29, 0.717) is 11.5 Å². The van der Waals surface area contributed by atoms with Gasteiger partial charge in [0.1, 0.15) is 0 Å². The van der Waals surface area contributed by atoms with E-state index in [0.717, 1.165) is 48.8 Å². The van der Waals surface area contributed by atoms with Gasteiger partial charge in [-0.2, -0.15) is 4.98 Å². The third kappa shape index (κ3) is 4.45. The highest BCUT2D eigenvalue weighted by molar-refractivity contribution is 5.94. The number of nitrogens with zero attached hydrogens (tertiary/aromatic N) is 6. The Hall–Kier alpha value is -3.91. The third-order valence-corrected chi connectivity index (χ3v) is 6.19. The summed E-state index contributed by atoms with van der Waals surface area (Å²) < 4.78 is 1.82. The Morgan fingerprint density at radius 2 is 1.62 bits per heavy atom. The summed E-state index contributed by atoms with van der Waals surface area (Å²) in [5.41, 5.74) is 5.47. The van der Waals surface area contributed by atoms with Crippen LogP contribution in [0.2, 0.25) is 0 Å². The van der Waals surface area contributed by atoms with Gasteiger partial charge in [-0.1, -0.05) is 18.2 Å². The van der Waals surface area contributed by atoms with Crippen LogP contribution in [-0.2, 0) is 0 Å². The van der Waals surface area contributed by atoms with Crippen molar-refractivity contribution in [3.8, 4) is 11.3 Å². The second-order valence-electron chi connectivity index (χ2n) is 8.86. The highest BCUT2D eigenvalue weighted by Gasteiger charge is 2.15. The van der Waals surface area contributed by atoms with Crippen LogP contribution in [0, 0.1) is 0 Å². The van der Waals surface area contributed by atoms with Gasteiger partial charge in [-0.3, -0.25) is 4.79 Å². The molecule has 1 aliphatic rings. The molecular formula is C26H29N7O. The number of anilines is 3. The highest BCUT2D eigenvalue weighted by atomic mass is 16.2. The number of rotatable bonds is 5. The Morgan fingerprint density at radius 3 is 2.29 bits per heavy atom. The first-order valence-corrected chi connectivity index (χ1v) is 11.5. The Labute approximate surface area is 199 Å². The SMILES string of the molecule is CN1CCN(c2ccc(Nc3nc4cccc(-c5ccc(C(=O)N(C)C)cc5)n4n3)cc2)CC1. The number of nitrogens with one attached hydrogen (secondary N) is 1. The quantitative estimate of drug-likeness (QED) is 0.496. The minimum atomic E-state index is -0.0179. The van der Waals surface area contributed by atoms with Crippen LogP contribution >= 0.6 is 0 Å². The molecule has 8 heteroatoms. The lowest BCUT2D eigenvalue weighted by atomic mass is 10.1. The molecule has 1 fully saturated rings. The number of pyridine rings is 1. The first-order valence-electron chi connectivity index (χ1n) is 11.5. The van der Waals surface area contributed by atoms with E-state index < -0.39 is 0 Å². The van der Waals surface area contributed by atoms with E-state index in [2.05, 4.69) is 51.4 Å². The molecule has 34 heavy (non-hydrogen) atoms. The molecule has 0 unspecified atom stereocenters. The van der Waals surface area contributed by atoms with Crippen molar-refractivity contribution in [2.24, 2.45) is 0 Å². The summed E-state index contributed by atoms with van der Waals surface area (Å²) in [4.78, 5) is 23.2. The number of hydrogen-bond donors (Lipinski definition) is 1. The zero-order valence-electron chi connectivity index (χ0n) is 19.8. The highest BCUT2D eigenvalue weighted by Crippen LogP contribution is 2.24. The lowest BCUT2D eigenvalue weighted by Crippen LogP contribution is -2.44. The molecule has 0 bridgehead atoms. The number of carbonyl (C=O) groups excluding carboxylic acids is 1. The van der Waals surface area contributed by atoms with E-state index >= 15 is 0 Å². The lowest BCUT2D eigenvalue weighted by Gasteiger charge is -2.34. The smallest absolute Gasteiger partial charge is 0.253 e. The number of likely N-dealkylation sites (N-methyl/N-ethyl adjacent to an activating group) is 1. The third-order valence-electron chi connectivity index (χ3n) is 6.19. The zero-order chi connectivity index (χ0) is 23.7. The fourth-order valence-electron chi connectivity index (χ4n) is 4.17. The van der Waals surface area contributed by atoms with Gasteiger partial charge < -0.3 is 20.0 Å². The predicted octanol–water partition coefficient (Wildman–Crippen LogP) is 3.59. The van der Waals surface area contributed by atoms with Crippen molar-refractivity contribution in [1.29, 1.82) is 0 Å². The van der Waals surface area contributed by atoms with Crippen molar-refractivity contribution in [1.82, 2.24) is 24.4 Å². The van der Waals surface area contributed by atoms with Crippen molar-refractivity contribution < 1.29 is 4.79 Å². The topological polar surface area (TPSA) is 69.0 Å². The van der Waals surface area contributed by atoms with Crippen molar-refractivity contribution in [3.05, 3.63) is 72.3 Å². The molecule has 2 aromatic heterocycles. The Balaban J connectivity index is 1.35. The molecule has 4 aromatic rings. The van der Waals surface area contributed by atoms with E-state index in [9.17, 15) is 4.79 Å². The van der Waals surface area contributed by atoms with Crippen molar-refractivity contribution in [3.63, 3.8) is 0 Å². The molecule has 5 rings (SSSR count). The standard InChI is InChI=1S/C26H29N7O/c1-30(2)25(34)20-9-7-19(8-10-20)23-5-4-6-24-28-26(29-33(23)24)27-21-11-13-22(14-12-21)32-17-15-31(3)16-18-32/h4-14H,15-18H2,1-3H3,(H,27,29). The van der Waals surface area contributed by atoms with Crippen LogP contribution < -0.4 is 10.2 Å². The van der Waals surface area contributed by atoms with E-state index in [1.807, 2.05) is 47.0 Å². The first-order chi connectivity index (χ1) is 16.5. The fourth-order valence-corrected chi connectivity index (χ4v) is 4.17. The number of benzene rings is 2. The maximum Gasteiger partial charge on any atom is 0.253 e. The second kappa shape index (κ2) is 9.15. The van der Waals surface area contributed by atoms with E-state index in [1.54, 1.807) is 19.0 Å². The summed E-state index contributed by atoms with van der Waals surface area (Å²) in [6.45, 7) is 4.26. The molecule has 1 aliphatic heterocycles. The monoisotopic (exact) mass is 455 g/mol. The fraction of sp³-hybridized carbons (Fsp3) is 0.269. The molecule has 0 saturated carbocycles. The zero-order valence-corrected chi connectivity index (χ0v) is 19.8. The van der Waals surface area contributed by atoms with Gasteiger partial charge in [0.2, 0.25) is 5.95 Å². The van der Waals surface area contributed by atoms with Gasteiger partial charge in [0.15, 0.2) is 5.65 Å². The summed E-state index contributed by atoms with van der Waals surface area (Å²) in [6, 6.07) is 21.9. The number of hydrogen-bond acceptors (Lipinski definition) is 6. The molecule has 174 valence electrons. The number of piperazine rings is 1. The summed E-state index contributed by atoms with van der Waals surface area (Å²) in [6.07, 6.45) is 0. The van der Waals surface area contributed by atoms with Crippen LogP contribution in [0.25, 0.3) is 16.9 Å². The summed E-state index contributed by atoms with van der Waals surface area (Å²) in [7, 11) is 5.67. The van der Waals surface area contributed by atoms with Crippen LogP contribution in [-0.4, -0.2) is 77.6 Å². The predicted molar refractivity (Wildman–Crippen MR) is 136 cm³/mol. The van der Waals surface area contributed by atoms with Crippen molar-refractivity contribution in [2.75, 3.05) is 57.5 Å². The Morgan fingerprint density at radius 1 is 0.912 bits per heavy atom. The molecule has 0 spiro atoms. The molecule has 8 nitrogen and oxygen atoms in total. The van der Waals surface area contributed by atoms with Crippen LogP contribution in [0.15, 0.2) is 66.7 Å². The molecule has 0 aliphatic carbocycles. The van der Waals surface area contributed by atoms with Gasteiger partial charge in [0, 0.05) is 62.8 Å². The van der Waals surface area contributed by atoms with Gasteiger partial charge in [-0.05, 0) is 55.6 Å². The molecule has 1 amide bonds. The van der Waals surface area contributed by atoms with Crippen molar-refractivity contribution >= 4 is 28.9 Å². The molecule has 1 N–H and O–H groups in total. The number of carbonyl (C=O) groups is 1. The lowest BCUT2D eigenvalue weighted by molar-refractivity contribution is 0.0827. The van der Waals surface area contributed by atoms with Gasteiger partial charge in [0.05, 0.1) is 5.69 Å². The Bertz CT molecular complexity index is 1290. The minimum absolute atomic E-state index is 0.0179. The number of fused-ring (bicyclic) bond motifs is 1. The van der Waals surface area contributed by atoms with Gasteiger partial charge in [-0.15, -0.1) is 5.10 Å². The largest absolute Gasteiger partial charge is 0.369 e. The normalized spacial score (nSPS) is 14.4. The molecular weight excluding hydrogens is 426 g/mol. The molecule has 0 radical (unpaired) electrons. The second-order valence-corrected chi connectivity index (χ2v) is 8.86. The van der Waals surface area contributed by atoms with Crippen LogP contribution in [0.1, 0.15) is 10.4 Å². The van der Waals surface area contributed by atoms with Crippen LogP contribution in [0.3, 0.4) is 0 Å². The average Bonchev–Trinajstić information content (AvgIpc) is 3.27. The number of aromatic nitrogens is 3. The maximum atomic E-state index is 12.2. The van der Waals surface area contributed by atoms with E-state index in [1.165, 1.54) is 5.69 Å². The van der Waals surface area contributed by atoms with Crippen LogP contribution in [0.4, 0.5) is 17.3 Å². The summed E-state index contributed by atoms with van der Waals surface area (Å²) >= 11 is 0. The van der Waals surface area contributed by atoms with E-state index in [-0.39, 0.29) is 5.91 Å². The number of amides is 1. The van der Waals surface area contributed by atoms with E-state index in [4.69, 9.17) is 5.10 Å². The molecule has 1 saturated heterocycles. The van der Waals surface area contributed by atoms with Crippen molar-refractivity contribution in [2.45, 2.75) is 0 Å². The average molecular weight is 456 g/mol. The van der Waals surface area contributed by atoms with Gasteiger partial charge in [-0.25, -0.2) is 4.52 Å². The first kappa shape index (κ1) is 21.9. The van der Waals surface area contributed by atoms with Crippen LogP contribution in [0.5, 0.6) is 0 Å². The Kier molecular flexibility index (Phi) is 5.90. The molecule has 2 aromatic carbocycles. The van der Waals surface area contributed by atoms with Gasteiger partial charge >= 0.3 is 0 Å². The van der Waals surface area contributed by atoms with Gasteiger partial charge in [0.25, 0.3) is 5.91 Å². The summed E-state index contributed by atoms with van der Waals surface area (Å²) in [5, 5.41) is 8.02. The maximum absolute atomic E-state index is 12.2. The molecule has 0 atom stereocenters. The molecule has 3 heterocycles.